The number of benzene rings is 1. The zero-order chi connectivity index (χ0) is 17.1. The van der Waals surface area contributed by atoms with E-state index < -0.39 is 17.9 Å². The summed E-state index contributed by atoms with van der Waals surface area (Å²) >= 11 is 0. The third kappa shape index (κ3) is 3.47. The van der Waals surface area contributed by atoms with Crippen molar-refractivity contribution in [2.24, 2.45) is 0 Å². The number of carbonyl (C=O) groups excluding carboxylic acids is 4. The van der Waals surface area contributed by atoms with Crippen molar-refractivity contribution in [2.75, 3.05) is 7.05 Å². The average Bonchev–Trinajstić information content (AvgIpc) is 2.52. The van der Waals surface area contributed by atoms with Gasteiger partial charge in [0.2, 0.25) is 11.8 Å². The van der Waals surface area contributed by atoms with Gasteiger partial charge in [-0.25, -0.2) is 0 Å². The summed E-state index contributed by atoms with van der Waals surface area (Å²) in [4.78, 5) is 48.4. The molecule has 1 N–H and O–H groups in total. The van der Waals surface area contributed by atoms with Crippen LogP contribution in [0.15, 0.2) is 18.2 Å². The molecule has 23 heavy (non-hydrogen) atoms. The molecule has 2 rings (SSSR count). The summed E-state index contributed by atoms with van der Waals surface area (Å²) < 4.78 is 0. The monoisotopic (exact) mass is 316 g/mol. The predicted molar refractivity (Wildman–Crippen MR) is 84.2 cm³/mol. The molecule has 0 spiro atoms. The number of imide groups is 1. The summed E-state index contributed by atoms with van der Waals surface area (Å²) in [5.41, 5.74) is 1.51. The Labute approximate surface area is 134 Å². The van der Waals surface area contributed by atoms with Gasteiger partial charge in [-0.1, -0.05) is 26.0 Å². The lowest BCUT2D eigenvalue weighted by atomic mass is 9.96. The van der Waals surface area contributed by atoms with Crippen LogP contribution in [0.5, 0.6) is 0 Å². The number of carbonyl (C=O) groups is 4. The molecule has 6 heteroatoms. The highest BCUT2D eigenvalue weighted by Gasteiger charge is 2.33. The quantitative estimate of drug-likeness (QED) is 0.674. The molecule has 1 fully saturated rings. The van der Waals surface area contributed by atoms with Crippen molar-refractivity contribution in [3.05, 3.63) is 34.9 Å². The van der Waals surface area contributed by atoms with Crippen molar-refractivity contribution >= 4 is 24.0 Å². The lowest BCUT2D eigenvalue weighted by Gasteiger charge is -2.30. The van der Waals surface area contributed by atoms with Crippen molar-refractivity contribution in [3.63, 3.8) is 0 Å². The second kappa shape index (κ2) is 6.73. The smallest absolute Gasteiger partial charge is 0.255 e. The minimum Gasteiger partial charge on any atom is -0.330 e. The number of piperidine rings is 1. The van der Waals surface area contributed by atoms with E-state index in [2.05, 4.69) is 5.32 Å². The molecule has 1 heterocycles. The van der Waals surface area contributed by atoms with E-state index in [9.17, 15) is 19.2 Å². The van der Waals surface area contributed by atoms with Crippen LogP contribution in [0.2, 0.25) is 0 Å². The first-order chi connectivity index (χ1) is 10.8. The van der Waals surface area contributed by atoms with Crippen LogP contribution >= 0.6 is 0 Å². The lowest BCUT2D eigenvalue weighted by molar-refractivity contribution is -0.136. The third-order valence-corrected chi connectivity index (χ3v) is 4.10. The second-order valence-electron chi connectivity index (χ2n) is 6.00. The number of hydrogen-bond acceptors (Lipinski definition) is 4. The zero-order valence-corrected chi connectivity index (χ0v) is 13.5. The van der Waals surface area contributed by atoms with Gasteiger partial charge in [-0.15, -0.1) is 0 Å². The Bertz CT molecular complexity index is 667. The van der Waals surface area contributed by atoms with Gasteiger partial charge >= 0.3 is 0 Å². The van der Waals surface area contributed by atoms with Crippen LogP contribution in [-0.4, -0.2) is 42.0 Å². The molecule has 0 radical (unpaired) electrons. The van der Waals surface area contributed by atoms with Gasteiger partial charge in [0, 0.05) is 19.0 Å². The molecule has 0 aliphatic carbocycles. The molecule has 1 saturated heterocycles. The van der Waals surface area contributed by atoms with Gasteiger partial charge in [-0.2, -0.15) is 0 Å². The fraction of sp³-hybridized carbons (Fsp3) is 0.412. The number of rotatable bonds is 4. The maximum Gasteiger partial charge on any atom is 0.255 e. The molecule has 0 saturated carbocycles. The fourth-order valence-electron chi connectivity index (χ4n) is 2.60. The molecule has 0 aromatic heterocycles. The Kier molecular flexibility index (Phi) is 4.93. The first-order valence-electron chi connectivity index (χ1n) is 7.55. The summed E-state index contributed by atoms with van der Waals surface area (Å²) in [7, 11) is 1.51. The highest BCUT2D eigenvalue weighted by atomic mass is 16.2. The molecule has 1 atom stereocenters. The topological polar surface area (TPSA) is 83.6 Å². The molecule has 1 aromatic carbocycles. The van der Waals surface area contributed by atoms with E-state index in [1.807, 2.05) is 19.9 Å². The molecule has 122 valence electrons. The highest BCUT2D eigenvalue weighted by Crippen LogP contribution is 2.21. The van der Waals surface area contributed by atoms with E-state index in [1.165, 1.54) is 11.9 Å². The summed E-state index contributed by atoms with van der Waals surface area (Å²) in [6.07, 6.45) is 1.11. The molecule has 1 aromatic rings. The Morgan fingerprint density at radius 3 is 2.61 bits per heavy atom. The molecule has 1 aliphatic rings. The van der Waals surface area contributed by atoms with E-state index >= 15 is 0 Å². The number of aldehydes is 1. The van der Waals surface area contributed by atoms with E-state index in [-0.39, 0.29) is 30.2 Å². The number of likely N-dealkylation sites (N-methyl/N-ethyl adjacent to an activating group) is 1. The molecule has 3 amide bonds. The van der Waals surface area contributed by atoms with Gasteiger partial charge in [-0.3, -0.25) is 24.5 Å². The summed E-state index contributed by atoms with van der Waals surface area (Å²) in [6, 6.07) is 4.42. The minimum atomic E-state index is -0.706. The largest absolute Gasteiger partial charge is 0.330 e. The van der Waals surface area contributed by atoms with Gasteiger partial charge in [0.25, 0.3) is 5.91 Å². The van der Waals surface area contributed by atoms with Gasteiger partial charge in [0.1, 0.15) is 6.04 Å². The summed E-state index contributed by atoms with van der Waals surface area (Å²) in [6.45, 7) is 3.99. The Hall–Kier alpha value is -2.50. The number of hydrogen-bond donors (Lipinski definition) is 1. The average molecular weight is 316 g/mol. The van der Waals surface area contributed by atoms with Crippen molar-refractivity contribution < 1.29 is 19.2 Å². The van der Waals surface area contributed by atoms with Crippen molar-refractivity contribution in [3.8, 4) is 0 Å². The highest BCUT2D eigenvalue weighted by molar-refractivity contribution is 6.06. The number of amides is 3. The van der Waals surface area contributed by atoms with Crippen LogP contribution in [0, 0.1) is 0 Å². The normalized spacial score (nSPS) is 17.8. The molecular formula is C17H20N2O4. The van der Waals surface area contributed by atoms with E-state index in [4.69, 9.17) is 0 Å². The Balaban J connectivity index is 2.31. The second-order valence-corrected chi connectivity index (χ2v) is 6.00. The van der Waals surface area contributed by atoms with Crippen LogP contribution in [0.1, 0.15) is 58.9 Å². The van der Waals surface area contributed by atoms with Crippen LogP contribution in [0.25, 0.3) is 0 Å². The minimum absolute atomic E-state index is 0.195. The van der Waals surface area contributed by atoms with Gasteiger partial charge in [-0.05, 0) is 24.0 Å². The molecule has 0 bridgehead atoms. The van der Waals surface area contributed by atoms with Gasteiger partial charge in [0.05, 0.1) is 5.56 Å². The van der Waals surface area contributed by atoms with Gasteiger partial charge < -0.3 is 4.90 Å². The van der Waals surface area contributed by atoms with Crippen LogP contribution in [-0.2, 0) is 9.59 Å². The lowest BCUT2D eigenvalue weighted by Crippen LogP contribution is -2.53. The zero-order valence-electron chi connectivity index (χ0n) is 13.5. The summed E-state index contributed by atoms with van der Waals surface area (Å²) in [5.74, 6) is -1.00. The van der Waals surface area contributed by atoms with Crippen molar-refractivity contribution in [1.82, 2.24) is 10.2 Å². The first-order valence-corrected chi connectivity index (χ1v) is 7.55. The summed E-state index contributed by atoms with van der Waals surface area (Å²) in [5, 5.41) is 2.23. The maximum absolute atomic E-state index is 12.7. The van der Waals surface area contributed by atoms with Crippen molar-refractivity contribution in [2.45, 2.75) is 38.6 Å². The van der Waals surface area contributed by atoms with Crippen LogP contribution in [0.4, 0.5) is 0 Å². The Morgan fingerprint density at radius 2 is 2.04 bits per heavy atom. The SMILES string of the molecule is CC(C)c1ccc(C=O)c(C(=O)N(C)C2CCC(=O)NC2=O)c1. The number of nitrogens with one attached hydrogen (secondary N) is 1. The maximum atomic E-state index is 12.7. The number of nitrogens with zero attached hydrogens (tertiary/aromatic N) is 1. The van der Waals surface area contributed by atoms with E-state index in [1.54, 1.807) is 12.1 Å². The molecule has 6 nitrogen and oxygen atoms in total. The van der Waals surface area contributed by atoms with Crippen molar-refractivity contribution in [1.29, 1.82) is 0 Å². The van der Waals surface area contributed by atoms with E-state index in [0.717, 1.165) is 5.56 Å². The molecular weight excluding hydrogens is 296 g/mol. The molecule has 1 unspecified atom stereocenters. The van der Waals surface area contributed by atoms with Gasteiger partial charge in [0.15, 0.2) is 6.29 Å². The fourth-order valence-corrected chi connectivity index (χ4v) is 2.60. The Morgan fingerprint density at radius 1 is 1.35 bits per heavy atom. The predicted octanol–water partition coefficient (Wildman–Crippen LogP) is 1.50. The first kappa shape index (κ1) is 16.9. The standard InChI is InChI=1S/C17H20N2O4/c1-10(2)11-4-5-12(9-20)13(8-11)17(23)19(3)14-6-7-15(21)18-16(14)22/h4-5,8-10,14H,6-7H2,1-3H3,(H,18,21,22). The molecule has 1 aliphatic heterocycles. The van der Waals surface area contributed by atoms with E-state index in [0.29, 0.717) is 11.8 Å². The van der Waals surface area contributed by atoms with Crippen LogP contribution in [0.3, 0.4) is 0 Å². The third-order valence-electron chi connectivity index (χ3n) is 4.10. The van der Waals surface area contributed by atoms with Crippen LogP contribution < -0.4 is 5.32 Å².